The first-order valence-corrected chi connectivity index (χ1v) is 6.79. The smallest absolute Gasteiger partial charge is 0.141 e. The molecule has 0 unspecified atom stereocenters. The third-order valence-corrected chi connectivity index (χ3v) is 3.54. The third-order valence-electron chi connectivity index (χ3n) is 3.30. The number of rotatable bonds is 2. The van der Waals surface area contributed by atoms with Gasteiger partial charge in [0.25, 0.3) is 0 Å². The molecule has 0 spiro atoms. The number of nitrogens with zero attached hydrogens (tertiary/aromatic N) is 2. The van der Waals surface area contributed by atoms with Gasteiger partial charge < -0.3 is 4.57 Å². The number of imidazole rings is 1. The van der Waals surface area contributed by atoms with Crippen LogP contribution in [-0.4, -0.2) is 9.55 Å². The Kier molecular flexibility index (Phi) is 3.03. The monoisotopic (exact) mass is 270 g/mol. The fraction of sp³-hybridized carbons (Fsp3) is 0.188. The van der Waals surface area contributed by atoms with Crippen molar-refractivity contribution >= 4 is 22.6 Å². The normalized spacial score (nSPS) is 11.1. The summed E-state index contributed by atoms with van der Waals surface area (Å²) in [5.41, 5.74) is 4.47. The number of halogens is 1. The second kappa shape index (κ2) is 4.71. The quantitative estimate of drug-likeness (QED) is 0.661. The molecule has 0 radical (unpaired) electrons. The standard InChI is InChI=1S/C16H15ClN2/c1-3-19-15-10-13(17)7-8-14(15)18-16(19)12-6-4-5-11(2)9-12/h4-10H,3H2,1-2H3. The summed E-state index contributed by atoms with van der Waals surface area (Å²) >= 11 is 6.09. The van der Waals surface area contributed by atoms with Crippen molar-refractivity contribution in [3.8, 4) is 11.4 Å². The summed E-state index contributed by atoms with van der Waals surface area (Å²) in [6.45, 7) is 5.10. The van der Waals surface area contributed by atoms with Gasteiger partial charge >= 0.3 is 0 Å². The Bertz CT molecular complexity index is 744. The van der Waals surface area contributed by atoms with Gasteiger partial charge in [-0.15, -0.1) is 0 Å². The van der Waals surface area contributed by atoms with E-state index >= 15 is 0 Å². The number of fused-ring (bicyclic) bond motifs is 1. The molecular weight excluding hydrogens is 256 g/mol. The van der Waals surface area contributed by atoms with E-state index in [-0.39, 0.29) is 0 Å². The molecule has 3 heteroatoms. The molecule has 1 heterocycles. The predicted molar refractivity (Wildman–Crippen MR) is 80.6 cm³/mol. The fourth-order valence-corrected chi connectivity index (χ4v) is 2.59. The lowest BCUT2D eigenvalue weighted by atomic mass is 10.1. The Balaban J connectivity index is 2.29. The van der Waals surface area contributed by atoms with Gasteiger partial charge in [-0.3, -0.25) is 0 Å². The minimum Gasteiger partial charge on any atom is -0.324 e. The molecule has 0 aliphatic heterocycles. The molecule has 0 aliphatic rings. The van der Waals surface area contributed by atoms with Crippen LogP contribution in [-0.2, 0) is 6.54 Å². The maximum absolute atomic E-state index is 6.09. The molecule has 0 saturated carbocycles. The molecule has 96 valence electrons. The van der Waals surface area contributed by atoms with Gasteiger partial charge in [-0.2, -0.15) is 0 Å². The highest BCUT2D eigenvalue weighted by molar-refractivity contribution is 6.31. The average molecular weight is 271 g/mol. The first kappa shape index (κ1) is 12.2. The minimum atomic E-state index is 0.748. The van der Waals surface area contributed by atoms with Gasteiger partial charge in [0.2, 0.25) is 0 Å². The number of aryl methyl sites for hydroxylation is 2. The van der Waals surface area contributed by atoms with E-state index < -0.39 is 0 Å². The van der Waals surface area contributed by atoms with Crippen LogP contribution in [0.2, 0.25) is 5.02 Å². The summed E-state index contributed by atoms with van der Waals surface area (Å²) in [6, 6.07) is 14.3. The zero-order valence-electron chi connectivity index (χ0n) is 11.0. The van der Waals surface area contributed by atoms with Crippen LogP contribution in [0.15, 0.2) is 42.5 Å². The summed E-state index contributed by atoms with van der Waals surface area (Å²) in [5, 5.41) is 0.748. The van der Waals surface area contributed by atoms with Crippen molar-refractivity contribution < 1.29 is 0 Å². The van der Waals surface area contributed by atoms with Gasteiger partial charge in [-0.05, 0) is 38.1 Å². The Morgan fingerprint density at radius 3 is 2.74 bits per heavy atom. The van der Waals surface area contributed by atoms with Gasteiger partial charge in [0, 0.05) is 17.1 Å². The number of benzene rings is 2. The summed E-state index contributed by atoms with van der Waals surface area (Å²) in [7, 11) is 0. The maximum Gasteiger partial charge on any atom is 0.141 e. The van der Waals surface area contributed by atoms with Crippen molar-refractivity contribution in [3.63, 3.8) is 0 Å². The second-order valence-corrected chi connectivity index (χ2v) is 5.12. The van der Waals surface area contributed by atoms with E-state index in [4.69, 9.17) is 16.6 Å². The highest BCUT2D eigenvalue weighted by Crippen LogP contribution is 2.27. The van der Waals surface area contributed by atoms with Gasteiger partial charge in [-0.25, -0.2) is 4.98 Å². The largest absolute Gasteiger partial charge is 0.324 e. The van der Waals surface area contributed by atoms with Gasteiger partial charge in [0.15, 0.2) is 0 Å². The molecule has 0 saturated heterocycles. The highest BCUT2D eigenvalue weighted by atomic mass is 35.5. The minimum absolute atomic E-state index is 0.748. The van der Waals surface area contributed by atoms with Crippen LogP contribution >= 0.6 is 11.6 Å². The van der Waals surface area contributed by atoms with E-state index in [2.05, 4.69) is 42.7 Å². The van der Waals surface area contributed by atoms with E-state index in [1.54, 1.807) is 0 Å². The number of hydrogen-bond donors (Lipinski definition) is 0. The summed E-state index contributed by atoms with van der Waals surface area (Å²) < 4.78 is 2.20. The summed E-state index contributed by atoms with van der Waals surface area (Å²) in [5.74, 6) is 1.00. The molecule has 0 N–H and O–H groups in total. The van der Waals surface area contributed by atoms with Crippen LogP contribution in [0.5, 0.6) is 0 Å². The highest BCUT2D eigenvalue weighted by Gasteiger charge is 2.11. The first-order valence-electron chi connectivity index (χ1n) is 6.42. The first-order chi connectivity index (χ1) is 9.19. The maximum atomic E-state index is 6.09. The Morgan fingerprint density at radius 2 is 2.00 bits per heavy atom. The molecule has 0 amide bonds. The summed E-state index contributed by atoms with van der Waals surface area (Å²) in [6.07, 6.45) is 0. The van der Waals surface area contributed by atoms with Gasteiger partial charge in [0.1, 0.15) is 5.82 Å². The predicted octanol–water partition coefficient (Wildman–Crippen LogP) is 4.69. The van der Waals surface area contributed by atoms with Crippen molar-refractivity contribution in [2.75, 3.05) is 0 Å². The molecule has 3 rings (SSSR count). The van der Waals surface area contributed by atoms with E-state index in [1.807, 2.05) is 18.2 Å². The molecular formula is C16H15ClN2. The third kappa shape index (κ3) is 2.13. The van der Waals surface area contributed by atoms with Crippen molar-refractivity contribution in [3.05, 3.63) is 53.1 Å². The van der Waals surface area contributed by atoms with Gasteiger partial charge in [0.05, 0.1) is 11.0 Å². The lowest BCUT2D eigenvalue weighted by Gasteiger charge is -2.06. The van der Waals surface area contributed by atoms with E-state index in [0.717, 1.165) is 34.0 Å². The zero-order chi connectivity index (χ0) is 13.4. The lowest BCUT2D eigenvalue weighted by Crippen LogP contribution is -1.97. The van der Waals surface area contributed by atoms with Gasteiger partial charge in [-0.1, -0.05) is 35.4 Å². The van der Waals surface area contributed by atoms with Crippen LogP contribution in [0.3, 0.4) is 0 Å². The molecule has 0 fully saturated rings. The molecule has 0 aliphatic carbocycles. The Morgan fingerprint density at radius 1 is 1.16 bits per heavy atom. The van der Waals surface area contributed by atoms with Crippen molar-refractivity contribution in [1.29, 1.82) is 0 Å². The molecule has 19 heavy (non-hydrogen) atoms. The lowest BCUT2D eigenvalue weighted by molar-refractivity contribution is 0.796. The molecule has 0 atom stereocenters. The van der Waals surface area contributed by atoms with E-state index in [0.29, 0.717) is 0 Å². The van der Waals surface area contributed by atoms with Crippen LogP contribution in [0.4, 0.5) is 0 Å². The van der Waals surface area contributed by atoms with Crippen LogP contribution < -0.4 is 0 Å². The SMILES string of the molecule is CCn1c(-c2cccc(C)c2)nc2ccc(Cl)cc21. The van der Waals surface area contributed by atoms with Crippen molar-refractivity contribution in [1.82, 2.24) is 9.55 Å². The van der Waals surface area contributed by atoms with Crippen LogP contribution in [0.25, 0.3) is 22.4 Å². The zero-order valence-corrected chi connectivity index (χ0v) is 11.8. The Labute approximate surface area is 117 Å². The topological polar surface area (TPSA) is 17.8 Å². The number of aromatic nitrogens is 2. The fourth-order valence-electron chi connectivity index (χ4n) is 2.42. The Hall–Kier alpha value is -1.80. The van der Waals surface area contributed by atoms with Crippen LogP contribution in [0, 0.1) is 6.92 Å². The molecule has 3 aromatic rings. The molecule has 0 bridgehead atoms. The second-order valence-electron chi connectivity index (χ2n) is 4.68. The summed E-state index contributed by atoms with van der Waals surface area (Å²) in [4.78, 5) is 4.74. The molecule has 1 aromatic heterocycles. The van der Waals surface area contributed by atoms with E-state index in [1.165, 1.54) is 5.56 Å². The van der Waals surface area contributed by atoms with Crippen molar-refractivity contribution in [2.45, 2.75) is 20.4 Å². The van der Waals surface area contributed by atoms with E-state index in [9.17, 15) is 0 Å². The number of hydrogen-bond acceptors (Lipinski definition) is 1. The molecule has 2 nitrogen and oxygen atoms in total. The van der Waals surface area contributed by atoms with Crippen LogP contribution in [0.1, 0.15) is 12.5 Å². The molecule has 2 aromatic carbocycles. The van der Waals surface area contributed by atoms with Crippen molar-refractivity contribution in [2.24, 2.45) is 0 Å². The average Bonchev–Trinajstić information content (AvgIpc) is 2.76.